The number of benzene rings is 1. The molecule has 1 unspecified atom stereocenters. The predicted octanol–water partition coefficient (Wildman–Crippen LogP) is 4.04. The third-order valence-corrected chi connectivity index (χ3v) is 7.49. The Morgan fingerprint density at radius 3 is 2.83 bits per heavy atom. The van der Waals surface area contributed by atoms with Crippen molar-refractivity contribution in [2.45, 2.75) is 32.3 Å². The fourth-order valence-electron chi connectivity index (χ4n) is 4.27. The molecule has 3 aromatic rings. The number of carbonyl (C=O) groups excluding carboxylic acids is 1. The van der Waals surface area contributed by atoms with E-state index in [4.69, 9.17) is 21.9 Å². The number of amides is 1. The van der Waals surface area contributed by atoms with Gasteiger partial charge in [-0.05, 0) is 49.5 Å². The summed E-state index contributed by atoms with van der Waals surface area (Å²) < 4.78 is 7.70. The third kappa shape index (κ3) is 5.17. The van der Waals surface area contributed by atoms with Gasteiger partial charge in [-0.1, -0.05) is 60.4 Å². The van der Waals surface area contributed by atoms with E-state index in [1.54, 1.807) is 17.2 Å². The molecule has 2 fully saturated rings. The molecule has 180 valence electrons. The zero-order valence-electron chi connectivity index (χ0n) is 19.4. The molecule has 7 nitrogen and oxygen atoms in total. The second kappa shape index (κ2) is 10.3. The van der Waals surface area contributed by atoms with Crippen LogP contribution in [0, 0.1) is 6.92 Å². The summed E-state index contributed by atoms with van der Waals surface area (Å²) in [5.74, 6) is 0.263. The summed E-state index contributed by atoms with van der Waals surface area (Å²) in [6, 6.07) is 13.9. The monoisotopic (exact) mass is 506 g/mol. The van der Waals surface area contributed by atoms with Crippen LogP contribution in [0.1, 0.15) is 29.5 Å². The van der Waals surface area contributed by atoms with E-state index in [0.29, 0.717) is 46.0 Å². The molecule has 0 spiro atoms. The third-order valence-electron chi connectivity index (χ3n) is 6.11. The van der Waals surface area contributed by atoms with Crippen molar-refractivity contribution in [1.29, 1.82) is 0 Å². The largest absolute Gasteiger partial charge is 0.376 e. The Balaban J connectivity index is 1.47. The molecule has 2 saturated heterocycles. The number of hydrogen-bond acceptors (Lipinski definition) is 7. The van der Waals surface area contributed by atoms with E-state index in [-0.39, 0.29) is 17.6 Å². The van der Waals surface area contributed by atoms with Gasteiger partial charge in [0.15, 0.2) is 0 Å². The first-order valence-corrected chi connectivity index (χ1v) is 12.9. The number of ether oxygens (including phenoxy) is 1. The summed E-state index contributed by atoms with van der Waals surface area (Å²) in [5, 5.41) is 3.32. The zero-order chi connectivity index (χ0) is 24.4. The molecule has 0 bridgehead atoms. The molecule has 1 aromatic carbocycles. The van der Waals surface area contributed by atoms with Crippen molar-refractivity contribution in [3.63, 3.8) is 0 Å². The maximum atomic E-state index is 13.5. The fraction of sp³-hybridized carbons (Fsp3) is 0.308. The Morgan fingerprint density at radius 2 is 2.06 bits per heavy atom. The Hall–Kier alpha value is -3.01. The highest BCUT2D eigenvalue weighted by atomic mass is 32.2. The van der Waals surface area contributed by atoms with Gasteiger partial charge in [0.2, 0.25) is 0 Å². The lowest BCUT2D eigenvalue weighted by molar-refractivity contribution is -0.123. The number of hydrogen-bond donors (Lipinski definition) is 1. The first-order chi connectivity index (χ1) is 17.0. The number of fused-ring (bicyclic) bond motifs is 1. The molecular formula is C26H26N4O3S2. The van der Waals surface area contributed by atoms with E-state index >= 15 is 0 Å². The molecule has 9 heteroatoms. The molecule has 1 atom stereocenters. The number of aryl methyl sites for hydroxylation is 1. The second-order valence-corrected chi connectivity index (χ2v) is 10.4. The number of anilines is 1. The number of rotatable bonds is 7. The molecule has 0 aliphatic carbocycles. The van der Waals surface area contributed by atoms with E-state index in [1.807, 2.05) is 37.3 Å². The van der Waals surface area contributed by atoms with Gasteiger partial charge < -0.3 is 10.1 Å². The Kier molecular flexibility index (Phi) is 6.99. The molecule has 4 heterocycles. The summed E-state index contributed by atoms with van der Waals surface area (Å²) in [4.78, 5) is 33.4. The molecule has 35 heavy (non-hydrogen) atoms. The molecular weight excluding hydrogens is 480 g/mol. The number of thiocarbonyl (C=S) groups is 1. The van der Waals surface area contributed by atoms with Crippen molar-refractivity contribution >= 4 is 51.7 Å². The van der Waals surface area contributed by atoms with Gasteiger partial charge in [0.05, 0.1) is 23.1 Å². The maximum Gasteiger partial charge on any atom is 0.267 e. The number of carbonyl (C=O) groups is 1. The summed E-state index contributed by atoms with van der Waals surface area (Å²) in [5.41, 5.74) is 2.79. The standard InChI is InChI=1S/C26H26N4O3S2/c1-17-9-10-22-28-23(27-12-11-18-6-3-2-4-7-18)20(24(31)29(22)15-17)14-21-25(32)30(26(34)35-21)16-19-8-5-13-33-19/h2-4,6-7,9-10,14-15,19,27H,5,8,11-13,16H2,1H3/b21-14-. The van der Waals surface area contributed by atoms with Gasteiger partial charge in [-0.3, -0.25) is 18.9 Å². The van der Waals surface area contributed by atoms with Crippen molar-refractivity contribution in [3.05, 3.63) is 80.6 Å². The summed E-state index contributed by atoms with van der Waals surface area (Å²) >= 11 is 6.70. The highest BCUT2D eigenvalue weighted by Crippen LogP contribution is 2.34. The van der Waals surface area contributed by atoms with Crippen molar-refractivity contribution in [2.24, 2.45) is 0 Å². The average molecular weight is 507 g/mol. The normalized spacial score (nSPS) is 19.3. The molecule has 1 N–H and O–H groups in total. The minimum absolute atomic E-state index is 0.00278. The van der Waals surface area contributed by atoms with E-state index in [2.05, 4.69) is 17.4 Å². The van der Waals surface area contributed by atoms with Crippen LogP contribution >= 0.6 is 24.0 Å². The smallest absolute Gasteiger partial charge is 0.267 e. The lowest BCUT2D eigenvalue weighted by Gasteiger charge is -2.18. The average Bonchev–Trinajstić information content (AvgIpc) is 3.46. The van der Waals surface area contributed by atoms with Crippen molar-refractivity contribution in [2.75, 3.05) is 25.0 Å². The highest BCUT2D eigenvalue weighted by molar-refractivity contribution is 8.26. The first kappa shape index (κ1) is 23.7. The van der Waals surface area contributed by atoms with Crippen LogP contribution in [0.4, 0.5) is 5.82 Å². The maximum absolute atomic E-state index is 13.5. The molecule has 2 aliphatic rings. The van der Waals surface area contributed by atoms with E-state index in [1.165, 1.54) is 21.7 Å². The number of nitrogens with one attached hydrogen (secondary N) is 1. The Bertz CT molecular complexity index is 1360. The van der Waals surface area contributed by atoms with Gasteiger partial charge in [0, 0.05) is 19.3 Å². The van der Waals surface area contributed by atoms with Crippen LogP contribution < -0.4 is 10.9 Å². The molecule has 0 saturated carbocycles. The van der Waals surface area contributed by atoms with Gasteiger partial charge in [0.1, 0.15) is 15.8 Å². The van der Waals surface area contributed by atoms with Crippen LogP contribution in [0.3, 0.4) is 0 Å². The highest BCUT2D eigenvalue weighted by Gasteiger charge is 2.35. The summed E-state index contributed by atoms with van der Waals surface area (Å²) in [6.07, 6.45) is 6.08. The SMILES string of the molecule is Cc1ccc2nc(NCCc3ccccc3)c(/C=C3\SC(=S)N(CC4CCCO4)C3=O)c(=O)n2c1. The number of nitrogens with zero attached hydrogens (tertiary/aromatic N) is 3. The van der Waals surface area contributed by atoms with Crippen LogP contribution in [0.25, 0.3) is 11.7 Å². The van der Waals surface area contributed by atoms with E-state index in [9.17, 15) is 9.59 Å². The lowest BCUT2D eigenvalue weighted by atomic mass is 10.1. The van der Waals surface area contributed by atoms with Crippen LogP contribution in [-0.2, 0) is 16.0 Å². The van der Waals surface area contributed by atoms with Gasteiger partial charge in [-0.25, -0.2) is 4.98 Å². The van der Waals surface area contributed by atoms with Gasteiger partial charge >= 0.3 is 0 Å². The molecule has 1 amide bonds. The molecule has 5 rings (SSSR count). The fourth-order valence-corrected chi connectivity index (χ4v) is 5.53. The van der Waals surface area contributed by atoms with Crippen molar-refractivity contribution in [1.82, 2.24) is 14.3 Å². The van der Waals surface area contributed by atoms with Crippen LogP contribution in [0.5, 0.6) is 0 Å². The number of aromatic nitrogens is 2. The van der Waals surface area contributed by atoms with Gasteiger partial charge in [-0.2, -0.15) is 0 Å². The summed E-state index contributed by atoms with van der Waals surface area (Å²) in [7, 11) is 0. The number of thioether (sulfide) groups is 1. The van der Waals surface area contributed by atoms with Gasteiger partial charge in [-0.15, -0.1) is 0 Å². The minimum atomic E-state index is -0.231. The van der Waals surface area contributed by atoms with E-state index < -0.39 is 0 Å². The first-order valence-electron chi connectivity index (χ1n) is 11.7. The molecule has 2 aromatic heterocycles. The Labute approximate surface area is 213 Å². The van der Waals surface area contributed by atoms with E-state index in [0.717, 1.165) is 24.8 Å². The minimum Gasteiger partial charge on any atom is -0.376 e. The van der Waals surface area contributed by atoms with Gasteiger partial charge in [0.25, 0.3) is 11.5 Å². The molecule has 0 radical (unpaired) electrons. The molecule has 2 aliphatic heterocycles. The Morgan fingerprint density at radius 1 is 1.23 bits per heavy atom. The second-order valence-electron chi connectivity index (χ2n) is 8.70. The number of pyridine rings is 1. The van der Waals surface area contributed by atoms with Crippen LogP contribution in [0.2, 0.25) is 0 Å². The topological polar surface area (TPSA) is 75.9 Å². The lowest BCUT2D eigenvalue weighted by Crippen LogP contribution is -2.35. The quantitative estimate of drug-likeness (QED) is 0.383. The van der Waals surface area contributed by atoms with Crippen LogP contribution in [0.15, 0.2) is 58.4 Å². The van der Waals surface area contributed by atoms with Crippen molar-refractivity contribution < 1.29 is 9.53 Å². The summed E-state index contributed by atoms with van der Waals surface area (Å²) in [6.45, 7) is 3.68. The van der Waals surface area contributed by atoms with Crippen molar-refractivity contribution in [3.8, 4) is 0 Å². The zero-order valence-corrected chi connectivity index (χ0v) is 21.0. The van der Waals surface area contributed by atoms with Crippen LogP contribution in [-0.4, -0.2) is 50.3 Å². The predicted molar refractivity (Wildman–Crippen MR) is 144 cm³/mol.